The summed E-state index contributed by atoms with van der Waals surface area (Å²) in [6.45, 7) is 3.31. The summed E-state index contributed by atoms with van der Waals surface area (Å²) in [7, 11) is -3.82. The van der Waals surface area contributed by atoms with Gasteiger partial charge in [0.15, 0.2) is 0 Å². The first-order valence-corrected chi connectivity index (χ1v) is 5.42. The van der Waals surface area contributed by atoms with Gasteiger partial charge in [0.25, 0.3) is 0 Å². The highest BCUT2D eigenvalue weighted by molar-refractivity contribution is 7.89. The Morgan fingerprint density at radius 2 is 2.00 bits per heavy atom. The fraction of sp³-hybridized carbons (Fsp3) is 0. The molecule has 0 fully saturated rings. The van der Waals surface area contributed by atoms with E-state index in [-0.39, 0.29) is 16.0 Å². The molecule has 1 rings (SSSR count). The Kier molecular flexibility index (Phi) is 2.92. The number of aliphatic carboxylic acids is 1. The largest absolute Gasteiger partial charge is 0.478 e. The summed E-state index contributed by atoms with van der Waals surface area (Å²) >= 11 is 0. The molecule has 6 heteroatoms. The van der Waals surface area contributed by atoms with Crippen molar-refractivity contribution in [2.45, 2.75) is 4.90 Å². The molecule has 0 saturated heterocycles. The van der Waals surface area contributed by atoms with E-state index in [1.54, 1.807) is 0 Å². The molecule has 0 aliphatic carbocycles. The lowest BCUT2D eigenvalue weighted by Gasteiger charge is -2.02. The maximum absolute atomic E-state index is 11.0. The van der Waals surface area contributed by atoms with Crippen molar-refractivity contribution in [2.24, 2.45) is 5.14 Å². The van der Waals surface area contributed by atoms with E-state index in [0.717, 1.165) is 0 Å². The molecule has 15 heavy (non-hydrogen) atoms. The monoisotopic (exact) mass is 227 g/mol. The number of carboxylic acids is 1. The molecule has 1 aromatic carbocycles. The van der Waals surface area contributed by atoms with Crippen molar-refractivity contribution in [2.75, 3.05) is 0 Å². The Hall–Kier alpha value is -1.66. The van der Waals surface area contributed by atoms with Gasteiger partial charge >= 0.3 is 5.97 Å². The zero-order valence-corrected chi connectivity index (χ0v) is 8.49. The second kappa shape index (κ2) is 3.84. The van der Waals surface area contributed by atoms with Crippen LogP contribution in [0.2, 0.25) is 0 Å². The Morgan fingerprint density at radius 3 is 2.47 bits per heavy atom. The van der Waals surface area contributed by atoms with Gasteiger partial charge in [0.05, 0.1) is 10.5 Å². The van der Waals surface area contributed by atoms with E-state index >= 15 is 0 Å². The maximum atomic E-state index is 11.0. The SMILES string of the molecule is C=C(C(=O)O)c1cccc(S(N)(=O)=O)c1. The lowest BCUT2D eigenvalue weighted by atomic mass is 10.1. The molecule has 1 aromatic rings. The summed E-state index contributed by atoms with van der Waals surface area (Å²) in [5, 5.41) is 13.5. The number of rotatable bonds is 3. The van der Waals surface area contributed by atoms with Crippen molar-refractivity contribution in [1.82, 2.24) is 0 Å². The molecule has 0 bridgehead atoms. The number of hydrogen-bond donors (Lipinski definition) is 2. The van der Waals surface area contributed by atoms with Crippen LogP contribution in [0.1, 0.15) is 5.56 Å². The number of benzene rings is 1. The predicted molar refractivity (Wildman–Crippen MR) is 54.5 cm³/mol. The van der Waals surface area contributed by atoms with Gasteiger partial charge in [0.1, 0.15) is 0 Å². The fourth-order valence-electron chi connectivity index (χ4n) is 0.984. The second-order valence-electron chi connectivity index (χ2n) is 2.86. The van der Waals surface area contributed by atoms with Gasteiger partial charge in [0.2, 0.25) is 10.0 Å². The summed E-state index contributed by atoms with van der Waals surface area (Å²) < 4.78 is 22.0. The first-order valence-electron chi connectivity index (χ1n) is 3.88. The van der Waals surface area contributed by atoms with Crippen LogP contribution in [0.25, 0.3) is 5.57 Å². The maximum Gasteiger partial charge on any atom is 0.335 e. The van der Waals surface area contributed by atoms with Gasteiger partial charge < -0.3 is 5.11 Å². The Morgan fingerprint density at radius 1 is 1.40 bits per heavy atom. The zero-order chi connectivity index (χ0) is 11.6. The van der Waals surface area contributed by atoms with Crippen LogP contribution in [0.5, 0.6) is 0 Å². The van der Waals surface area contributed by atoms with Crippen LogP contribution in [0, 0.1) is 0 Å². The van der Waals surface area contributed by atoms with Gasteiger partial charge in [-0.3, -0.25) is 0 Å². The number of hydrogen-bond acceptors (Lipinski definition) is 3. The van der Waals surface area contributed by atoms with Crippen molar-refractivity contribution in [3.8, 4) is 0 Å². The zero-order valence-electron chi connectivity index (χ0n) is 7.67. The van der Waals surface area contributed by atoms with Gasteiger partial charge in [-0.25, -0.2) is 18.4 Å². The van der Waals surface area contributed by atoms with E-state index in [2.05, 4.69) is 6.58 Å². The van der Waals surface area contributed by atoms with Gasteiger partial charge in [0, 0.05) is 0 Å². The van der Waals surface area contributed by atoms with Crippen LogP contribution in [0.15, 0.2) is 35.7 Å². The Labute approximate surface area is 86.9 Å². The van der Waals surface area contributed by atoms with E-state index < -0.39 is 16.0 Å². The predicted octanol–water partition coefficient (Wildman–Crippen LogP) is 0.432. The molecule has 0 atom stereocenters. The molecular formula is C9H9NO4S. The van der Waals surface area contributed by atoms with Crippen LogP contribution in [0.4, 0.5) is 0 Å². The third-order valence-corrected chi connectivity index (χ3v) is 2.68. The highest BCUT2D eigenvalue weighted by atomic mass is 32.2. The molecular weight excluding hydrogens is 218 g/mol. The van der Waals surface area contributed by atoms with Crippen molar-refractivity contribution in [1.29, 1.82) is 0 Å². The first-order chi connectivity index (χ1) is 6.82. The lowest BCUT2D eigenvalue weighted by molar-refractivity contribution is -0.130. The first kappa shape index (κ1) is 11.4. The molecule has 3 N–H and O–H groups in total. The molecule has 5 nitrogen and oxygen atoms in total. The number of carbonyl (C=O) groups is 1. The van der Waals surface area contributed by atoms with Gasteiger partial charge in [-0.15, -0.1) is 0 Å². The van der Waals surface area contributed by atoms with Crippen LogP contribution in [-0.4, -0.2) is 19.5 Å². The summed E-state index contributed by atoms with van der Waals surface area (Å²) in [5.41, 5.74) is 0.0366. The average molecular weight is 227 g/mol. The van der Waals surface area contributed by atoms with E-state index in [1.807, 2.05) is 0 Å². The summed E-state index contributed by atoms with van der Waals surface area (Å²) in [5.74, 6) is -1.21. The molecule has 0 spiro atoms. The molecule has 0 radical (unpaired) electrons. The van der Waals surface area contributed by atoms with E-state index in [9.17, 15) is 13.2 Å². The van der Waals surface area contributed by atoms with Gasteiger partial charge in [-0.05, 0) is 17.7 Å². The molecule has 0 heterocycles. The van der Waals surface area contributed by atoms with Crippen molar-refractivity contribution in [3.05, 3.63) is 36.4 Å². The van der Waals surface area contributed by atoms with Crippen molar-refractivity contribution in [3.63, 3.8) is 0 Å². The third-order valence-electron chi connectivity index (χ3n) is 1.77. The van der Waals surface area contributed by atoms with Crippen LogP contribution in [-0.2, 0) is 14.8 Å². The van der Waals surface area contributed by atoms with Gasteiger partial charge in [-0.2, -0.15) is 0 Å². The number of sulfonamides is 1. The minimum atomic E-state index is -3.82. The standard InChI is InChI=1S/C9H9NO4S/c1-6(9(11)12)7-3-2-4-8(5-7)15(10,13)14/h2-5H,1H2,(H,11,12)(H2,10,13,14). The Balaban J connectivity index is 3.26. The molecule has 0 unspecified atom stereocenters. The molecule has 0 aliphatic heterocycles. The normalized spacial score (nSPS) is 11.0. The minimum absolute atomic E-state index is 0.137. The highest BCUT2D eigenvalue weighted by Gasteiger charge is 2.12. The van der Waals surface area contributed by atoms with E-state index in [1.165, 1.54) is 24.3 Å². The third kappa shape index (κ3) is 2.64. The average Bonchev–Trinajstić information content (AvgIpc) is 2.15. The second-order valence-corrected chi connectivity index (χ2v) is 4.42. The fourth-order valence-corrected chi connectivity index (χ4v) is 1.54. The minimum Gasteiger partial charge on any atom is -0.478 e. The van der Waals surface area contributed by atoms with Crippen LogP contribution < -0.4 is 5.14 Å². The number of nitrogens with two attached hydrogens (primary N) is 1. The number of carboxylic acid groups (broad SMARTS) is 1. The molecule has 0 aliphatic rings. The smallest absolute Gasteiger partial charge is 0.335 e. The van der Waals surface area contributed by atoms with Gasteiger partial charge in [-0.1, -0.05) is 18.7 Å². The topological polar surface area (TPSA) is 97.5 Å². The van der Waals surface area contributed by atoms with Crippen LogP contribution >= 0.6 is 0 Å². The molecule has 80 valence electrons. The molecule has 0 amide bonds. The highest BCUT2D eigenvalue weighted by Crippen LogP contribution is 2.16. The summed E-state index contributed by atoms with van der Waals surface area (Å²) in [6.07, 6.45) is 0. The molecule has 0 saturated carbocycles. The lowest BCUT2D eigenvalue weighted by Crippen LogP contribution is -2.12. The summed E-state index contributed by atoms with van der Waals surface area (Å²) in [4.78, 5) is 10.4. The van der Waals surface area contributed by atoms with E-state index in [0.29, 0.717) is 0 Å². The Bertz CT molecular complexity index is 519. The summed E-state index contributed by atoms with van der Waals surface area (Å²) in [6, 6.07) is 5.31. The molecule has 0 aromatic heterocycles. The quantitative estimate of drug-likeness (QED) is 0.732. The van der Waals surface area contributed by atoms with E-state index in [4.69, 9.17) is 10.2 Å². The number of primary sulfonamides is 1. The van der Waals surface area contributed by atoms with Crippen molar-refractivity contribution < 1.29 is 18.3 Å². The van der Waals surface area contributed by atoms with Crippen LogP contribution in [0.3, 0.4) is 0 Å². The van der Waals surface area contributed by atoms with Crippen molar-refractivity contribution >= 4 is 21.6 Å².